The summed E-state index contributed by atoms with van der Waals surface area (Å²) in [7, 11) is 1.68. The maximum absolute atomic E-state index is 13.8. The zero-order valence-corrected chi connectivity index (χ0v) is 33.3. The molecular formula is C40H64N8O6. The summed E-state index contributed by atoms with van der Waals surface area (Å²) in [5.74, 6) is 6.27. The molecule has 0 aliphatic carbocycles. The highest BCUT2D eigenvalue weighted by Gasteiger charge is 2.28. The first-order valence-electron chi connectivity index (χ1n) is 19.0. The second-order valence-corrected chi connectivity index (χ2v) is 14.0. The van der Waals surface area contributed by atoms with Crippen LogP contribution in [0.15, 0.2) is 48.5 Å². The molecule has 1 unspecified atom stereocenters. The molecule has 14 nitrogen and oxygen atoms in total. The van der Waals surface area contributed by atoms with E-state index in [1.165, 1.54) is 5.01 Å². The Labute approximate surface area is 321 Å². The minimum atomic E-state index is -0.583. The van der Waals surface area contributed by atoms with Gasteiger partial charge in [0.15, 0.2) is 0 Å². The van der Waals surface area contributed by atoms with Gasteiger partial charge in [0, 0.05) is 43.7 Å². The van der Waals surface area contributed by atoms with E-state index >= 15 is 0 Å². The van der Waals surface area contributed by atoms with E-state index < -0.39 is 23.6 Å². The Balaban J connectivity index is 0.00000495. The monoisotopic (exact) mass is 752 g/mol. The molecule has 9 N–H and O–H groups in total. The van der Waals surface area contributed by atoms with Gasteiger partial charge < -0.3 is 46.8 Å². The molecule has 0 spiro atoms. The molecule has 1 aliphatic rings. The van der Waals surface area contributed by atoms with Crippen molar-refractivity contribution in [1.29, 1.82) is 0 Å². The molecule has 54 heavy (non-hydrogen) atoms. The Morgan fingerprint density at radius 2 is 1.59 bits per heavy atom. The lowest BCUT2D eigenvalue weighted by Crippen LogP contribution is -2.41. The minimum Gasteiger partial charge on any atom is -0.448 e. The highest BCUT2D eigenvalue weighted by Crippen LogP contribution is 2.36. The number of alkyl carbamates (subject to hydrolysis) is 1. The van der Waals surface area contributed by atoms with Crippen LogP contribution in [0.3, 0.4) is 0 Å². The van der Waals surface area contributed by atoms with Gasteiger partial charge in [-0.3, -0.25) is 14.4 Å². The first-order chi connectivity index (χ1) is 25.7. The van der Waals surface area contributed by atoms with Crippen molar-refractivity contribution in [1.82, 2.24) is 21.0 Å². The van der Waals surface area contributed by atoms with Crippen LogP contribution in [0.5, 0.6) is 0 Å². The number of carbonyl (C=O) groups is 4. The molecule has 0 fully saturated rings. The first-order valence-corrected chi connectivity index (χ1v) is 19.0. The molecule has 1 heterocycles. The summed E-state index contributed by atoms with van der Waals surface area (Å²) in [4.78, 5) is 52.0. The van der Waals surface area contributed by atoms with E-state index in [9.17, 15) is 19.2 Å². The number of benzene rings is 2. The second kappa shape index (κ2) is 23.2. The molecule has 300 valence electrons. The summed E-state index contributed by atoms with van der Waals surface area (Å²) in [5.41, 5.74) is 15.3. The second-order valence-electron chi connectivity index (χ2n) is 14.0. The Hall–Kier alpha value is -4.66. The van der Waals surface area contributed by atoms with E-state index in [0.29, 0.717) is 67.5 Å². The van der Waals surface area contributed by atoms with Crippen LogP contribution in [0.1, 0.15) is 96.8 Å². The highest BCUT2D eigenvalue weighted by atomic mass is 16.5. The van der Waals surface area contributed by atoms with Crippen molar-refractivity contribution in [2.75, 3.05) is 44.8 Å². The normalized spacial score (nSPS) is 14.4. The van der Waals surface area contributed by atoms with Gasteiger partial charge in [-0.05, 0) is 64.1 Å². The Morgan fingerprint density at radius 3 is 2.26 bits per heavy atom. The summed E-state index contributed by atoms with van der Waals surface area (Å²) in [5, 5.41) is 9.95. The van der Waals surface area contributed by atoms with Crippen LogP contribution in [0, 0.1) is 5.92 Å². The van der Waals surface area contributed by atoms with E-state index in [1.807, 2.05) is 76.2 Å². The largest absolute Gasteiger partial charge is 0.448 e. The fraction of sp³-hybridized carbons (Fsp3) is 0.550. The van der Waals surface area contributed by atoms with Gasteiger partial charge in [0.2, 0.25) is 17.7 Å². The molecule has 2 aromatic carbocycles. The summed E-state index contributed by atoms with van der Waals surface area (Å²) >= 11 is 0. The molecule has 0 radical (unpaired) electrons. The van der Waals surface area contributed by atoms with Crippen LogP contribution in [0.25, 0.3) is 11.4 Å². The number of hydrazine groups is 1. The highest BCUT2D eigenvalue weighted by molar-refractivity contribution is 6.01. The number of nitrogens with one attached hydrogen (secondary N) is 3. The number of nitrogens with two attached hydrogens (primary N) is 3. The number of hydrogen-bond acceptors (Lipinski definition) is 10. The SMILES string of the molecule is CC.CNC(CCCCNC(=O)OCCN(N)/C1=C(\N)c2ccccc2N(C(=O)CCC(=O)NCC(C)(C)OCCC(C)C)Cc2ccccc21)C(N)=O. The van der Waals surface area contributed by atoms with Crippen molar-refractivity contribution < 1.29 is 28.7 Å². The third-order valence-electron chi connectivity index (χ3n) is 8.84. The van der Waals surface area contributed by atoms with Gasteiger partial charge in [-0.25, -0.2) is 10.6 Å². The predicted molar refractivity (Wildman–Crippen MR) is 214 cm³/mol. The van der Waals surface area contributed by atoms with Crippen molar-refractivity contribution in [2.24, 2.45) is 23.2 Å². The first kappa shape index (κ1) is 45.5. The third-order valence-corrected chi connectivity index (χ3v) is 8.84. The maximum Gasteiger partial charge on any atom is 0.407 e. The van der Waals surface area contributed by atoms with Crippen LogP contribution >= 0.6 is 0 Å². The Morgan fingerprint density at radius 1 is 0.926 bits per heavy atom. The van der Waals surface area contributed by atoms with E-state index in [4.69, 9.17) is 26.8 Å². The van der Waals surface area contributed by atoms with E-state index in [-0.39, 0.29) is 44.4 Å². The molecule has 0 saturated heterocycles. The van der Waals surface area contributed by atoms with Crippen LogP contribution < -0.4 is 38.2 Å². The van der Waals surface area contributed by atoms with Gasteiger partial charge in [0.05, 0.1) is 41.8 Å². The number of amides is 4. The number of carbonyl (C=O) groups excluding carboxylic acids is 4. The molecule has 1 atom stereocenters. The smallest absolute Gasteiger partial charge is 0.407 e. The van der Waals surface area contributed by atoms with Gasteiger partial charge in [0.1, 0.15) is 6.61 Å². The number of unbranched alkanes of at least 4 members (excludes halogenated alkanes) is 1. The molecule has 14 heteroatoms. The van der Waals surface area contributed by atoms with Crippen LogP contribution in [-0.2, 0) is 30.4 Å². The number of anilines is 1. The molecular weight excluding hydrogens is 688 g/mol. The molecule has 3 rings (SSSR count). The average Bonchev–Trinajstić information content (AvgIpc) is 3.14. The van der Waals surface area contributed by atoms with E-state index in [1.54, 1.807) is 11.9 Å². The van der Waals surface area contributed by atoms with Crippen LogP contribution in [-0.4, -0.2) is 80.4 Å². The zero-order valence-electron chi connectivity index (χ0n) is 33.3. The number of fused-ring (bicyclic) bond motifs is 2. The molecule has 0 bridgehead atoms. The molecule has 2 aromatic rings. The molecule has 1 aliphatic heterocycles. The summed E-state index contributed by atoms with van der Waals surface area (Å²) < 4.78 is 11.3. The summed E-state index contributed by atoms with van der Waals surface area (Å²) in [6.45, 7) is 13.8. The summed E-state index contributed by atoms with van der Waals surface area (Å²) in [6.07, 6.45) is 2.30. The van der Waals surface area contributed by atoms with E-state index in [0.717, 1.165) is 17.5 Å². The predicted octanol–water partition coefficient (Wildman–Crippen LogP) is 4.23. The number of nitrogens with zero attached hydrogens (tertiary/aromatic N) is 2. The Bertz CT molecular complexity index is 1550. The molecule has 0 saturated carbocycles. The fourth-order valence-electron chi connectivity index (χ4n) is 5.76. The lowest BCUT2D eigenvalue weighted by Gasteiger charge is -2.33. The Kier molecular flexibility index (Phi) is 19.5. The number of primary amides is 1. The van der Waals surface area contributed by atoms with Crippen LogP contribution in [0.4, 0.5) is 10.5 Å². The number of likely N-dealkylation sites (N-methyl/N-ethyl adjacent to an activating group) is 1. The summed E-state index contributed by atoms with van der Waals surface area (Å²) in [6, 6.07) is 14.4. The van der Waals surface area contributed by atoms with Crippen molar-refractivity contribution >= 4 is 40.9 Å². The maximum atomic E-state index is 13.8. The third kappa shape index (κ3) is 14.6. The van der Waals surface area contributed by atoms with Gasteiger partial charge in [-0.15, -0.1) is 0 Å². The van der Waals surface area contributed by atoms with Gasteiger partial charge >= 0.3 is 6.09 Å². The van der Waals surface area contributed by atoms with Crippen molar-refractivity contribution in [3.8, 4) is 0 Å². The minimum absolute atomic E-state index is 0.000294. The lowest BCUT2D eigenvalue weighted by molar-refractivity contribution is -0.126. The topological polar surface area (TPSA) is 207 Å². The fourth-order valence-corrected chi connectivity index (χ4v) is 5.76. The number of hydrogen-bond donors (Lipinski definition) is 6. The number of ether oxygens (including phenoxy) is 2. The van der Waals surface area contributed by atoms with Crippen molar-refractivity contribution in [2.45, 2.75) is 98.3 Å². The average molecular weight is 753 g/mol. The number of rotatable bonds is 20. The van der Waals surface area contributed by atoms with Crippen molar-refractivity contribution in [3.05, 3.63) is 65.2 Å². The zero-order chi connectivity index (χ0) is 40.3. The van der Waals surface area contributed by atoms with Gasteiger partial charge in [-0.1, -0.05) is 70.2 Å². The van der Waals surface area contributed by atoms with Gasteiger partial charge in [-0.2, -0.15) is 0 Å². The quantitative estimate of drug-likeness (QED) is 0.0645. The number of para-hydroxylation sites is 1. The molecule has 0 aromatic heterocycles. The van der Waals surface area contributed by atoms with Crippen molar-refractivity contribution in [3.63, 3.8) is 0 Å². The molecule has 4 amide bonds. The lowest BCUT2D eigenvalue weighted by atomic mass is 9.95. The van der Waals surface area contributed by atoms with Gasteiger partial charge in [0.25, 0.3) is 0 Å². The standard InChI is InChI=1S/C38H58N8O6.C2H6/c1-26(2)19-22-52-38(3,4)25-44-32(47)17-18-33(48)45-24-27-12-6-7-13-28(27)35(34(39)29-14-8-9-16-31(29)45)46(41)21-23-51-37(50)43-20-11-10-15-30(42-5)36(40)49;1-2/h6-9,12-14,16,26,30,42H,10-11,15,17-25,39,41H2,1-5H3,(H2,40,49)(H,43,50)(H,44,47);1-2H3/b35-34-;. The van der Waals surface area contributed by atoms with E-state index in [2.05, 4.69) is 29.8 Å². The van der Waals surface area contributed by atoms with Crippen LogP contribution in [0.2, 0.25) is 0 Å².